The van der Waals surface area contributed by atoms with Gasteiger partial charge in [-0.1, -0.05) is 48.0 Å². The lowest BCUT2D eigenvalue weighted by atomic mass is 9.99. The van der Waals surface area contributed by atoms with E-state index in [1.807, 2.05) is 43.0 Å². The molecule has 3 aromatic rings. The first-order chi connectivity index (χ1) is 16.8. The molecule has 0 fully saturated rings. The number of aryl methyl sites for hydroxylation is 2. The summed E-state index contributed by atoms with van der Waals surface area (Å²) in [5.41, 5.74) is 5.83. The summed E-state index contributed by atoms with van der Waals surface area (Å²) >= 11 is 6.28. The van der Waals surface area contributed by atoms with Gasteiger partial charge in [-0.05, 0) is 72.9 Å². The Balaban J connectivity index is 1.31. The number of benzene rings is 3. The van der Waals surface area contributed by atoms with Crippen molar-refractivity contribution >= 4 is 40.7 Å². The Bertz CT molecular complexity index is 1390. The Morgan fingerprint density at radius 3 is 2.37 bits per heavy atom. The van der Waals surface area contributed by atoms with Gasteiger partial charge >= 0.3 is 0 Å². The lowest BCUT2D eigenvalue weighted by Crippen LogP contribution is -2.35. The number of rotatable bonds is 4. The highest BCUT2D eigenvalue weighted by atomic mass is 35.5. The molecule has 0 saturated heterocycles. The Morgan fingerprint density at radius 1 is 0.914 bits per heavy atom. The van der Waals surface area contributed by atoms with E-state index in [0.717, 1.165) is 22.4 Å². The molecule has 0 saturated carbocycles. The number of amides is 3. The normalized spacial score (nSPS) is 15.5. The average Bonchev–Trinajstić information content (AvgIpc) is 3.08. The van der Waals surface area contributed by atoms with Crippen LogP contribution in [0.2, 0.25) is 0 Å². The predicted octanol–water partition coefficient (Wildman–Crippen LogP) is 4.94. The minimum Gasteiger partial charge on any atom is -0.350 e. The van der Waals surface area contributed by atoms with Crippen LogP contribution in [0.3, 0.4) is 0 Å². The first-order valence-electron chi connectivity index (χ1n) is 11.4. The second-order valence-electron chi connectivity index (χ2n) is 8.87. The minimum atomic E-state index is -0.565. The third-order valence-corrected chi connectivity index (χ3v) is 6.80. The molecule has 0 aliphatic carbocycles. The van der Waals surface area contributed by atoms with Gasteiger partial charge < -0.3 is 10.2 Å². The zero-order chi connectivity index (χ0) is 24.7. The van der Waals surface area contributed by atoms with Crippen molar-refractivity contribution in [1.29, 1.82) is 0 Å². The molecule has 0 spiro atoms. The van der Waals surface area contributed by atoms with Gasteiger partial charge in [0.05, 0.1) is 5.69 Å². The largest absolute Gasteiger partial charge is 0.350 e. The van der Waals surface area contributed by atoms with Crippen LogP contribution in [0.5, 0.6) is 0 Å². The molecule has 176 valence electrons. The number of nitrogens with one attached hydrogen (secondary N) is 1. The highest BCUT2D eigenvalue weighted by molar-refractivity contribution is 6.53. The van der Waals surface area contributed by atoms with Crippen molar-refractivity contribution in [3.05, 3.63) is 105 Å². The minimum absolute atomic E-state index is 0.0179. The van der Waals surface area contributed by atoms with Crippen LogP contribution in [0.25, 0.3) is 0 Å². The number of fused-ring (bicyclic) bond motifs is 1. The Labute approximate surface area is 208 Å². The van der Waals surface area contributed by atoms with Crippen molar-refractivity contribution in [2.45, 2.75) is 26.8 Å². The molecule has 2 aliphatic heterocycles. The quantitative estimate of drug-likeness (QED) is 0.531. The van der Waals surface area contributed by atoms with Crippen LogP contribution in [0.1, 0.15) is 32.6 Å². The summed E-state index contributed by atoms with van der Waals surface area (Å²) in [7, 11) is 0. The van der Waals surface area contributed by atoms with Crippen LogP contribution < -0.4 is 10.2 Å². The summed E-state index contributed by atoms with van der Waals surface area (Å²) in [6.45, 7) is 4.99. The predicted molar refractivity (Wildman–Crippen MR) is 136 cm³/mol. The standard InChI is InChI=1S/C28H24ClN3O3/c1-17-7-8-18(2)23(15-17)32-27(34)24(29)25(28(32)35)30-22-11-9-20(10-12-22)26(33)31-14-13-19-5-3-4-6-21(19)16-31/h3-12,15,30H,13-14,16H2,1-2H3. The highest BCUT2D eigenvalue weighted by Gasteiger charge is 2.39. The number of carbonyl (C=O) groups excluding carboxylic acids is 3. The number of nitrogens with zero attached hydrogens (tertiary/aromatic N) is 2. The third-order valence-electron chi connectivity index (χ3n) is 6.45. The summed E-state index contributed by atoms with van der Waals surface area (Å²) in [5, 5.41) is 2.81. The van der Waals surface area contributed by atoms with Gasteiger partial charge in [-0.25, -0.2) is 4.90 Å². The lowest BCUT2D eigenvalue weighted by molar-refractivity contribution is -0.120. The molecule has 0 atom stereocenters. The topological polar surface area (TPSA) is 69.7 Å². The average molecular weight is 486 g/mol. The Hall–Kier alpha value is -3.90. The van der Waals surface area contributed by atoms with E-state index >= 15 is 0 Å². The molecule has 0 radical (unpaired) electrons. The molecule has 5 rings (SSSR count). The van der Waals surface area contributed by atoms with Crippen LogP contribution in [-0.4, -0.2) is 29.2 Å². The summed E-state index contributed by atoms with van der Waals surface area (Å²) in [6.07, 6.45) is 0.835. The summed E-state index contributed by atoms with van der Waals surface area (Å²) in [4.78, 5) is 41.9. The molecule has 0 unspecified atom stereocenters. The van der Waals surface area contributed by atoms with Crippen molar-refractivity contribution in [3.63, 3.8) is 0 Å². The molecule has 6 nitrogen and oxygen atoms in total. The van der Waals surface area contributed by atoms with E-state index in [1.54, 1.807) is 30.3 Å². The highest BCUT2D eigenvalue weighted by Crippen LogP contribution is 2.32. The Morgan fingerprint density at radius 2 is 1.63 bits per heavy atom. The van der Waals surface area contributed by atoms with E-state index in [0.29, 0.717) is 30.0 Å². The zero-order valence-electron chi connectivity index (χ0n) is 19.5. The molecular weight excluding hydrogens is 462 g/mol. The molecular formula is C28H24ClN3O3. The van der Waals surface area contributed by atoms with Crippen molar-refractivity contribution in [2.24, 2.45) is 0 Å². The van der Waals surface area contributed by atoms with Crippen molar-refractivity contribution < 1.29 is 14.4 Å². The third kappa shape index (κ3) is 4.21. The fourth-order valence-corrected chi connectivity index (χ4v) is 4.70. The van der Waals surface area contributed by atoms with E-state index in [9.17, 15) is 14.4 Å². The molecule has 2 aliphatic rings. The fraction of sp³-hybridized carbons (Fsp3) is 0.179. The van der Waals surface area contributed by atoms with Crippen LogP contribution in [0, 0.1) is 13.8 Å². The number of hydrogen-bond acceptors (Lipinski definition) is 4. The maximum Gasteiger partial charge on any atom is 0.283 e. The summed E-state index contributed by atoms with van der Waals surface area (Å²) < 4.78 is 0. The first-order valence-corrected chi connectivity index (χ1v) is 11.8. The van der Waals surface area contributed by atoms with Gasteiger partial charge in [-0.15, -0.1) is 0 Å². The molecule has 2 heterocycles. The maximum atomic E-state index is 13.1. The van der Waals surface area contributed by atoms with Gasteiger partial charge in [0.15, 0.2) is 0 Å². The second-order valence-corrected chi connectivity index (χ2v) is 9.25. The zero-order valence-corrected chi connectivity index (χ0v) is 20.2. The van der Waals surface area contributed by atoms with Crippen LogP contribution in [-0.2, 0) is 22.6 Å². The van der Waals surface area contributed by atoms with E-state index in [1.165, 1.54) is 11.1 Å². The fourth-order valence-electron chi connectivity index (χ4n) is 4.48. The second kappa shape index (κ2) is 9.04. The van der Waals surface area contributed by atoms with Gasteiger partial charge in [0.25, 0.3) is 17.7 Å². The molecule has 0 bridgehead atoms. The number of imide groups is 1. The molecule has 3 amide bonds. The SMILES string of the molecule is Cc1ccc(C)c(N2C(=O)C(Cl)=C(Nc3ccc(C(=O)N4CCc5ccccc5C4)cc3)C2=O)c1. The van der Waals surface area contributed by atoms with E-state index < -0.39 is 11.8 Å². The number of halogens is 1. The van der Waals surface area contributed by atoms with Gasteiger partial charge in [0.1, 0.15) is 10.7 Å². The monoisotopic (exact) mass is 485 g/mol. The summed E-state index contributed by atoms with van der Waals surface area (Å²) in [6, 6.07) is 20.6. The number of carbonyl (C=O) groups is 3. The lowest BCUT2D eigenvalue weighted by Gasteiger charge is -2.29. The van der Waals surface area contributed by atoms with Crippen LogP contribution in [0.15, 0.2) is 77.5 Å². The molecule has 35 heavy (non-hydrogen) atoms. The van der Waals surface area contributed by atoms with E-state index in [2.05, 4.69) is 17.4 Å². The van der Waals surface area contributed by atoms with Crippen molar-refractivity contribution in [3.8, 4) is 0 Å². The first kappa shape index (κ1) is 22.9. The molecule has 0 aromatic heterocycles. The van der Waals surface area contributed by atoms with E-state index in [-0.39, 0.29) is 16.6 Å². The maximum absolute atomic E-state index is 13.1. The molecule has 3 aromatic carbocycles. The Kier molecular flexibility index (Phi) is 5.91. The smallest absolute Gasteiger partial charge is 0.283 e. The number of hydrogen-bond donors (Lipinski definition) is 1. The number of anilines is 2. The van der Waals surface area contributed by atoms with Crippen LogP contribution in [0.4, 0.5) is 11.4 Å². The summed E-state index contributed by atoms with van der Waals surface area (Å²) in [5.74, 6) is -1.12. The van der Waals surface area contributed by atoms with Gasteiger partial charge in [-0.2, -0.15) is 0 Å². The van der Waals surface area contributed by atoms with Crippen molar-refractivity contribution in [1.82, 2.24) is 4.90 Å². The van der Waals surface area contributed by atoms with Gasteiger partial charge in [-0.3, -0.25) is 14.4 Å². The van der Waals surface area contributed by atoms with Crippen molar-refractivity contribution in [2.75, 3.05) is 16.8 Å². The molecule has 7 heteroatoms. The molecule has 1 N–H and O–H groups in total. The van der Waals surface area contributed by atoms with E-state index in [4.69, 9.17) is 11.6 Å². The van der Waals surface area contributed by atoms with Crippen LogP contribution >= 0.6 is 11.6 Å². The van der Waals surface area contributed by atoms with Gasteiger partial charge in [0, 0.05) is 24.3 Å². The van der Waals surface area contributed by atoms with Gasteiger partial charge in [0.2, 0.25) is 0 Å².